The van der Waals surface area contributed by atoms with Gasteiger partial charge in [-0.15, -0.1) is 0 Å². The Hall–Kier alpha value is -3.87. The summed E-state index contributed by atoms with van der Waals surface area (Å²) in [6, 6.07) is 19.0. The summed E-state index contributed by atoms with van der Waals surface area (Å²) in [5, 5.41) is 2.99. The Morgan fingerprint density at radius 1 is 1.03 bits per heavy atom. The first kappa shape index (κ1) is 19.1. The highest BCUT2D eigenvalue weighted by molar-refractivity contribution is 5.95. The predicted molar refractivity (Wildman–Crippen MR) is 117 cm³/mol. The van der Waals surface area contributed by atoms with Gasteiger partial charge in [0.15, 0.2) is 5.76 Å². The molecule has 31 heavy (non-hydrogen) atoms. The number of carbonyl (C=O) groups is 2. The molecule has 1 aliphatic rings. The quantitative estimate of drug-likeness (QED) is 0.545. The van der Waals surface area contributed by atoms with Crippen molar-refractivity contribution in [2.45, 2.75) is 12.8 Å². The third-order valence-electron chi connectivity index (χ3n) is 5.68. The van der Waals surface area contributed by atoms with E-state index in [4.69, 9.17) is 4.42 Å². The molecule has 2 aromatic carbocycles. The number of fused-ring (bicyclic) bond motifs is 1. The van der Waals surface area contributed by atoms with E-state index in [-0.39, 0.29) is 17.7 Å². The van der Waals surface area contributed by atoms with Crippen LogP contribution in [0.2, 0.25) is 0 Å². The van der Waals surface area contributed by atoms with Gasteiger partial charge in [0.2, 0.25) is 5.91 Å². The molecular weight excluding hydrogens is 392 g/mol. The number of anilines is 1. The SMILES string of the molecule is O=C(Nc1ccc(-n2cnc3ccccc32)cc1)C1CCCN(C(=O)c2ccco2)C1. The second-order valence-corrected chi connectivity index (χ2v) is 7.71. The van der Waals surface area contributed by atoms with Crippen LogP contribution in [0.4, 0.5) is 5.69 Å². The second kappa shape index (κ2) is 8.10. The Kier molecular flexibility index (Phi) is 5.00. The van der Waals surface area contributed by atoms with E-state index in [0.29, 0.717) is 18.8 Å². The summed E-state index contributed by atoms with van der Waals surface area (Å²) in [7, 11) is 0. The number of rotatable bonds is 4. The van der Waals surface area contributed by atoms with Gasteiger partial charge in [-0.3, -0.25) is 14.2 Å². The van der Waals surface area contributed by atoms with Crippen molar-refractivity contribution in [3.8, 4) is 5.69 Å². The van der Waals surface area contributed by atoms with Crippen LogP contribution in [0.3, 0.4) is 0 Å². The summed E-state index contributed by atoms with van der Waals surface area (Å²) in [6.45, 7) is 1.03. The number of hydrogen-bond acceptors (Lipinski definition) is 4. The molecular formula is C24H22N4O3. The van der Waals surface area contributed by atoms with E-state index in [0.717, 1.165) is 35.2 Å². The molecule has 0 bridgehead atoms. The smallest absolute Gasteiger partial charge is 0.289 e. The van der Waals surface area contributed by atoms with E-state index in [9.17, 15) is 9.59 Å². The number of nitrogens with one attached hydrogen (secondary N) is 1. The van der Waals surface area contributed by atoms with Crippen molar-refractivity contribution >= 4 is 28.5 Å². The van der Waals surface area contributed by atoms with Crippen molar-refractivity contribution in [3.05, 3.63) is 79.0 Å². The fraction of sp³-hybridized carbons (Fsp3) is 0.208. The molecule has 0 saturated carbocycles. The number of para-hydroxylation sites is 2. The number of likely N-dealkylation sites (tertiary alicyclic amines) is 1. The highest BCUT2D eigenvalue weighted by Gasteiger charge is 2.29. The fourth-order valence-electron chi connectivity index (χ4n) is 4.05. The van der Waals surface area contributed by atoms with Gasteiger partial charge >= 0.3 is 0 Å². The van der Waals surface area contributed by atoms with Gasteiger partial charge < -0.3 is 14.6 Å². The van der Waals surface area contributed by atoms with Crippen molar-refractivity contribution < 1.29 is 14.0 Å². The zero-order valence-corrected chi connectivity index (χ0v) is 16.9. The maximum absolute atomic E-state index is 12.8. The third-order valence-corrected chi connectivity index (χ3v) is 5.68. The number of carbonyl (C=O) groups excluding carboxylic acids is 2. The fourth-order valence-corrected chi connectivity index (χ4v) is 4.05. The number of benzene rings is 2. The summed E-state index contributed by atoms with van der Waals surface area (Å²) in [5.74, 6) is -0.175. The Morgan fingerprint density at radius 3 is 2.68 bits per heavy atom. The zero-order chi connectivity index (χ0) is 21.2. The molecule has 5 rings (SSSR count). The lowest BCUT2D eigenvalue weighted by Crippen LogP contribution is -2.43. The lowest BCUT2D eigenvalue weighted by atomic mass is 9.96. The van der Waals surface area contributed by atoms with Crippen LogP contribution in [0.1, 0.15) is 23.4 Å². The van der Waals surface area contributed by atoms with Gasteiger partial charge in [-0.1, -0.05) is 12.1 Å². The van der Waals surface area contributed by atoms with E-state index in [2.05, 4.69) is 10.3 Å². The van der Waals surface area contributed by atoms with Gasteiger partial charge in [0.1, 0.15) is 6.33 Å². The van der Waals surface area contributed by atoms with Gasteiger partial charge in [-0.05, 0) is 61.4 Å². The lowest BCUT2D eigenvalue weighted by Gasteiger charge is -2.31. The normalized spacial score (nSPS) is 16.4. The molecule has 2 aromatic heterocycles. The maximum atomic E-state index is 12.8. The molecule has 0 radical (unpaired) electrons. The van der Waals surface area contributed by atoms with Crippen LogP contribution in [0.15, 0.2) is 77.7 Å². The van der Waals surface area contributed by atoms with Crippen molar-refractivity contribution in [2.24, 2.45) is 5.92 Å². The molecule has 2 amide bonds. The van der Waals surface area contributed by atoms with Crippen LogP contribution < -0.4 is 5.32 Å². The molecule has 1 aliphatic heterocycles. The maximum Gasteiger partial charge on any atom is 0.289 e. The summed E-state index contributed by atoms with van der Waals surface area (Å²) in [4.78, 5) is 31.5. The molecule has 4 aromatic rings. The Bertz CT molecular complexity index is 1210. The molecule has 0 spiro atoms. The highest BCUT2D eigenvalue weighted by atomic mass is 16.3. The number of aromatic nitrogens is 2. The van der Waals surface area contributed by atoms with Crippen LogP contribution in [0, 0.1) is 5.92 Å². The molecule has 3 heterocycles. The average Bonchev–Trinajstić information content (AvgIpc) is 3.50. The average molecular weight is 414 g/mol. The number of hydrogen-bond donors (Lipinski definition) is 1. The van der Waals surface area contributed by atoms with Crippen LogP contribution >= 0.6 is 0 Å². The van der Waals surface area contributed by atoms with Crippen molar-refractivity contribution in [1.29, 1.82) is 0 Å². The molecule has 1 N–H and O–H groups in total. The number of amides is 2. The lowest BCUT2D eigenvalue weighted by molar-refractivity contribution is -0.121. The van der Waals surface area contributed by atoms with Crippen LogP contribution in [-0.4, -0.2) is 39.4 Å². The summed E-state index contributed by atoms with van der Waals surface area (Å²) in [6.07, 6.45) is 4.83. The minimum absolute atomic E-state index is 0.0715. The number of piperidine rings is 1. The Balaban J connectivity index is 1.25. The minimum Gasteiger partial charge on any atom is -0.459 e. The van der Waals surface area contributed by atoms with Crippen LogP contribution in [0.5, 0.6) is 0 Å². The molecule has 1 saturated heterocycles. The van der Waals surface area contributed by atoms with E-state index in [1.165, 1.54) is 6.26 Å². The van der Waals surface area contributed by atoms with Gasteiger partial charge in [0, 0.05) is 24.5 Å². The molecule has 156 valence electrons. The summed E-state index contributed by atoms with van der Waals surface area (Å²) in [5.41, 5.74) is 3.67. The van der Waals surface area contributed by atoms with E-state index in [1.54, 1.807) is 23.4 Å². The van der Waals surface area contributed by atoms with Crippen LogP contribution in [-0.2, 0) is 4.79 Å². The number of nitrogens with zero attached hydrogens (tertiary/aromatic N) is 3. The topological polar surface area (TPSA) is 80.4 Å². The molecule has 1 atom stereocenters. The van der Waals surface area contributed by atoms with Gasteiger partial charge in [-0.2, -0.15) is 0 Å². The standard InChI is InChI=1S/C24H22N4O3/c29-23(17-5-3-13-27(15-17)24(30)22-8-4-14-31-22)26-18-9-11-19(12-10-18)28-16-25-20-6-1-2-7-21(20)28/h1-2,4,6-12,14,16-17H,3,5,13,15H2,(H,26,29). The molecule has 7 heteroatoms. The Labute approximate surface area is 179 Å². The first-order valence-electron chi connectivity index (χ1n) is 10.4. The third kappa shape index (κ3) is 3.82. The van der Waals surface area contributed by atoms with Gasteiger partial charge in [-0.25, -0.2) is 4.98 Å². The molecule has 7 nitrogen and oxygen atoms in total. The van der Waals surface area contributed by atoms with Crippen LogP contribution in [0.25, 0.3) is 16.7 Å². The molecule has 1 unspecified atom stereocenters. The molecule has 0 aliphatic carbocycles. The zero-order valence-electron chi connectivity index (χ0n) is 16.9. The van der Waals surface area contributed by atoms with Crippen molar-refractivity contribution in [1.82, 2.24) is 14.5 Å². The first-order chi connectivity index (χ1) is 15.2. The second-order valence-electron chi connectivity index (χ2n) is 7.71. The monoisotopic (exact) mass is 414 g/mol. The number of imidazole rings is 1. The highest BCUT2D eigenvalue weighted by Crippen LogP contribution is 2.23. The van der Waals surface area contributed by atoms with E-state index in [1.807, 2.05) is 53.1 Å². The van der Waals surface area contributed by atoms with E-state index >= 15 is 0 Å². The molecule has 1 fully saturated rings. The minimum atomic E-state index is -0.245. The van der Waals surface area contributed by atoms with Gasteiger partial charge in [0.05, 0.1) is 23.2 Å². The Morgan fingerprint density at radius 2 is 1.87 bits per heavy atom. The van der Waals surface area contributed by atoms with Crippen molar-refractivity contribution in [3.63, 3.8) is 0 Å². The summed E-state index contributed by atoms with van der Waals surface area (Å²) >= 11 is 0. The van der Waals surface area contributed by atoms with Gasteiger partial charge in [0.25, 0.3) is 5.91 Å². The largest absolute Gasteiger partial charge is 0.459 e. The van der Waals surface area contributed by atoms with Crippen molar-refractivity contribution in [2.75, 3.05) is 18.4 Å². The summed E-state index contributed by atoms with van der Waals surface area (Å²) < 4.78 is 7.22. The van der Waals surface area contributed by atoms with E-state index < -0.39 is 0 Å². The predicted octanol–water partition coefficient (Wildman–Crippen LogP) is 4.11. The number of furan rings is 1. The first-order valence-corrected chi connectivity index (χ1v) is 10.4.